The van der Waals surface area contributed by atoms with Gasteiger partial charge in [-0.25, -0.2) is 9.97 Å². The third-order valence-electron chi connectivity index (χ3n) is 8.38. The first-order valence-electron chi connectivity index (χ1n) is 14.7. The maximum atomic E-state index is 10.6. The molecule has 0 radical (unpaired) electrons. The van der Waals surface area contributed by atoms with Crippen LogP contribution in [0.4, 0.5) is 0 Å². The second kappa shape index (κ2) is 11.3. The number of para-hydroxylation sites is 2. The van der Waals surface area contributed by atoms with E-state index in [4.69, 9.17) is 14.6 Å². The molecule has 3 aromatic carbocycles. The van der Waals surface area contributed by atoms with Gasteiger partial charge in [0.15, 0.2) is 0 Å². The van der Waals surface area contributed by atoms with Gasteiger partial charge in [0.2, 0.25) is 5.95 Å². The topological polar surface area (TPSA) is 60.2 Å². The summed E-state index contributed by atoms with van der Waals surface area (Å²) in [5.41, 5.74) is 5.01. The Hall–Kier alpha value is -4.52. The summed E-state index contributed by atoms with van der Waals surface area (Å²) in [6, 6.07) is 22.9. The van der Waals surface area contributed by atoms with E-state index in [0.717, 1.165) is 61.4 Å². The smallest absolute Gasteiger partial charge is 0.309 e. The van der Waals surface area contributed by atoms with Crippen molar-refractivity contribution in [3.63, 3.8) is 0 Å². The molecule has 1 N–H and O–H groups in total. The molecule has 5 nitrogen and oxygen atoms in total. The van der Waals surface area contributed by atoms with E-state index in [-0.39, 0.29) is 0 Å². The molecule has 0 atom stereocenters. The third-order valence-corrected chi connectivity index (χ3v) is 8.38. The summed E-state index contributed by atoms with van der Waals surface area (Å²) in [5.74, 6) is 0.607. The Morgan fingerprint density at radius 2 is 1.58 bits per heavy atom. The van der Waals surface area contributed by atoms with Crippen LogP contribution in [-0.4, -0.2) is 38.3 Å². The minimum Gasteiger partial charge on any atom is -0.427 e. The normalized spacial score (nSPS) is 18.0. The maximum absolute atomic E-state index is 10.6. The van der Waals surface area contributed by atoms with E-state index in [9.17, 15) is 5.11 Å². The van der Waals surface area contributed by atoms with Gasteiger partial charge >= 0.3 is 7.48 Å². The van der Waals surface area contributed by atoms with Gasteiger partial charge in [0, 0.05) is 16.2 Å². The molecule has 6 rings (SSSR count). The fourth-order valence-electron chi connectivity index (χ4n) is 5.17. The van der Waals surface area contributed by atoms with E-state index in [1.54, 1.807) is 13.8 Å². The molecular formula is C37H36BN3O2. The Bertz CT molecular complexity index is 1990. The third kappa shape index (κ3) is 5.64. The highest BCUT2D eigenvalue weighted by atomic mass is 16.5. The van der Waals surface area contributed by atoms with Crippen molar-refractivity contribution in [1.29, 1.82) is 0 Å². The lowest BCUT2D eigenvalue weighted by molar-refractivity contribution is -0.0893. The van der Waals surface area contributed by atoms with Crippen LogP contribution < -0.4 is 5.46 Å². The van der Waals surface area contributed by atoms with E-state index >= 15 is 0 Å². The van der Waals surface area contributed by atoms with Crippen molar-refractivity contribution in [2.75, 3.05) is 0 Å². The Kier molecular flexibility index (Phi) is 7.51. The number of aliphatic hydroxyl groups is 1. The quantitative estimate of drug-likeness (QED) is 0.220. The second-order valence-corrected chi connectivity index (χ2v) is 12.0. The SMILES string of the molecule is C=C1/C=C\C=C/C/C=C(c2nc(-n3c4ccccc4c4ccc(BOC(C)(C)C(C)(C)O)cc43)nc3ccccc23)\C=C/1. The van der Waals surface area contributed by atoms with Crippen LogP contribution in [0, 0.1) is 0 Å². The molecule has 0 bridgehead atoms. The highest BCUT2D eigenvalue weighted by Gasteiger charge is 2.35. The highest BCUT2D eigenvalue weighted by Crippen LogP contribution is 2.33. The molecule has 0 saturated carbocycles. The largest absolute Gasteiger partial charge is 0.427 e. The van der Waals surface area contributed by atoms with Gasteiger partial charge in [-0.3, -0.25) is 4.57 Å². The zero-order chi connectivity index (χ0) is 30.2. The number of hydrogen-bond acceptors (Lipinski definition) is 4. The second-order valence-electron chi connectivity index (χ2n) is 12.0. The number of hydrogen-bond donors (Lipinski definition) is 1. The number of benzene rings is 3. The van der Waals surface area contributed by atoms with E-state index in [0.29, 0.717) is 13.4 Å². The molecule has 2 aromatic heterocycles. The molecule has 0 unspecified atom stereocenters. The van der Waals surface area contributed by atoms with Crippen molar-refractivity contribution in [2.45, 2.75) is 45.3 Å². The summed E-state index contributed by atoms with van der Waals surface area (Å²) >= 11 is 0. The molecular weight excluding hydrogens is 529 g/mol. The first-order chi connectivity index (χ1) is 20.6. The monoisotopic (exact) mass is 565 g/mol. The Morgan fingerprint density at radius 1 is 0.837 bits per heavy atom. The average molecular weight is 566 g/mol. The minimum atomic E-state index is -0.988. The summed E-state index contributed by atoms with van der Waals surface area (Å²) in [5, 5.41) is 13.9. The van der Waals surface area contributed by atoms with E-state index in [1.165, 1.54) is 0 Å². The van der Waals surface area contributed by atoms with Gasteiger partial charge < -0.3 is 9.76 Å². The summed E-state index contributed by atoms with van der Waals surface area (Å²) < 4.78 is 8.38. The van der Waals surface area contributed by atoms with Crippen molar-refractivity contribution in [3.05, 3.63) is 127 Å². The van der Waals surface area contributed by atoms with Crippen LogP contribution in [0.2, 0.25) is 0 Å². The Balaban J connectivity index is 1.55. The predicted molar refractivity (Wildman–Crippen MR) is 181 cm³/mol. The molecule has 43 heavy (non-hydrogen) atoms. The average Bonchev–Trinajstić information content (AvgIpc) is 3.32. The fourth-order valence-corrected chi connectivity index (χ4v) is 5.17. The first kappa shape index (κ1) is 28.6. The van der Waals surface area contributed by atoms with Crippen LogP contribution in [0.15, 0.2) is 121 Å². The lowest BCUT2D eigenvalue weighted by atomic mass is 9.82. The fraction of sp³-hybridized carbons (Fsp3) is 0.189. The molecule has 6 heteroatoms. The van der Waals surface area contributed by atoms with Gasteiger partial charge in [-0.05, 0) is 63.5 Å². The number of allylic oxidation sites excluding steroid dienone is 9. The van der Waals surface area contributed by atoms with Gasteiger partial charge in [0.1, 0.15) is 0 Å². The van der Waals surface area contributed by atoms with Crippen LogP contribution in [0.25, 0.3) is 44.2 Å². The van der Waals surface area contributed by atoms with Crippen LogP contribution in [0.5, 0.6) is 0 Å². The predicted octanol–water partition coefficient (Wildman–Crippen LogP) is 7.28. The molecule has 0 fully saturated rings. The summed E-state index contributed by atoms with van der Waals surface area (Å²) in [4.78, 5) is 10.4. The van der Waals surface area contributed by atoms with Gasteiger partial charge in [0.05, 0.1) is 33.4 Å². The van der Waals surface area contributed by atoms with Crippen LogP contribution >= 0.6 is 0 Å². The molecule has 0 spiro atoms. The molecule has 1 aliphatic carbocycles. The van der Waals surface area contributed by atoms with Crippen molar-refractivity contribution in [1.82, 2.24) is 14.5 Å². The van der Waals surface area contributed by atoms with Crippen molar-refractivity contribution < 1.29 is 9.76 Å². The van der Waals surface area contributed by atoms with Crippen LogP contribution in [0.1, 0.15) is 39.8 Å². The van der Waals surface area contributed by atoms with Gasteiger partial charge in [0.25, 0.3) is 0 Å². The van der Waals surface area contributed by atoms with Gasteiger partial charge in [-0.1, -0.05) is 103 Å². The first-order valence-corrected chi connectivity index (χ1v) is 14.7. The summed E-state index contributed by atoms with van der Waals surface area (Å²) in [6.45, 7) is 11.5. The summed E-state index contributed by atoms with van der Waals surface area (Å²) in [7, 11) is 0.363. The van der Waals surface area contributed by atoms with E-state index in [1.807, 2.05) is 62.4 Å². The zero-order valence-electron chi connectivity index (χ0n) is 25.2. The summed E-state index contributed by atoms with van der Waals surface area (Å²) in [6.07, 6.45) is 15.3. The van der Waals surface area contributed by atoms with Crippen molar-refractivity contribution in [3.8, 4) is 5.95 Å². The van der Waals surface area contributed by atoms with Crippen molar-refractivity contribution >= 4 is 51.2 Å². The molecule has 0 saturated heterocycles. The lowest BCUT2D eigenvalue weighted by Gasteiger charge is -2.37. The van der Waals surface area contributed by atoms with Gasteiger partial charge in [-0.15, -0.1) is 0 Å². The number of aromatic nitrogens is 3. The van der Waals surface area contributed by atoms with Crippen LogP contribution in [-0.2, 0) is 4.65 Å². The molecule has 214 valence electrons. The van der Waals surface area contributed by atoms with E-state index in [2.05, 4.69) is 71.8 Å². The molecule has 5 aromatic rings. The Labute approximate surface area is 253 Å². The van der Waals surface area contributed by atoms with Crippen LogP contribution in [0.3, 0.4) is 0 Å². The minimum absolute atomic E-state index is 0.363. The lowest BCUT2D eigenvalue weighted by Crippen LogP contribution is -2.49. The number of rotatable bonds is 6. The highest BCUT2D eigenvalue weighted by molar-refractivity contribution is 6.47. The molecule has 2 heterocycles. The van der Waals surface area contributed by atoms with Crippen molar-refractivity contribution in [2.24, 2.45) is 0 Å². The standard InChI is InChI=1S/C37H36BN3O2/c1-25-14-8-6-7-9-15-26(21-20-25)34-30-17-10-12-18-31(30)39-35(40-34)41-32-19-13-11-16-28(32)29-23-22-27(24-33(29)41)38-43-37(4,5)36(2,3)42/h6-8,10-24,38,42H,1,9H2,2-5H3/b7-6-,14-8-,21-20-,26-15+. The maximum Gasteiger partial charge on any atom is 0.309 e. The number of nitrogens with zero attached hydrogens (tertiary/aromatic N) is 3. The molecule has 0 amide bonds. The van der Waals surface area contributed by atoms with E-state index < -0.39 is 11.2 Å². The number of fused-ring (bicyclic) bond motifs is 4. The Morgan fingerprint density at radius 3 is 2.40 bits per heavy atom. The molecule has 1 aliphatic rings. The zero-order valence-corrected chi connectivity index (χ0v) is 25.2. The van der Waals surface area contributed by atoms with Gasteiger partial charge in [-0.2, -0.15) is 0 Å². The molecule has 0 aliphatic heterocycles.